The largest absolute Gasteiger partial charge is 0.395 e. The molecular formula is C8H14N2O3S. The summed E-state index contributed by atoms with van der Waals surface area (Å²) < 4.78 is 0. The highest BCUT2D eigenvalue weighted by atomic mass is 32.2. The van der Waals surface area contributed by atoms with Crippen LogP contribution in [0.15, 0.2) is 0 Å². The van der Waals surface area contributed by atoms with Crippen LogP contribution in [0.3, 0.4) is 0 Å². The molecule has 1 fully saturated rings. The van der Waals surface area contributed by atoms with E-state index in [1.165, 1.54) is 11.8 Å². The number of aliphatic hydroxyl groups excluding tert-OH is 1. The predicted octanol–water partition coefficient (Wildman–Crippen LogP) is -0.346. The van der Waals surface area contributed by atoms with Crippen molar-refractivity contribution < 1.29 is 14.7 Å². The minimum atomic E-state index is -0.122. The normalized spacial score (nSPS) is 16.1. The first kappa shape index (κ1) is 11.3. The van der Waals surface area contributed by atoms with Crippen molar-refractivity contribution in [1.82, 2.24) is 10.2 Å². The fourth-order valence-electron chi connectivity index (χ4n) is 1.15. The van der Waals surface area contributed by atoms with Crippen molar-refractivity contribution in [2.75, 3.05) is 32.0 Å². The lowest BCUT2D eigenvalue weighted by molar-refractivity contribution is -0.121. The van der Waals surface area contributed by atoms with E-state index in [4.69, 9.17) is 5.11 Å². The van der Waals surface area contributed by atoms with Crippen LogP contribution in [0.25, 0.3) is 0 Å². The van der Waals surface area contributed by atoms with Gasteiger partial charge in [-0.2, -0.15) is 0 Å². The number of nitrogens with one attached hydrogen (secondary N) is 1. The van der Waals surface area contributed by atoms with Crippen molar-refractivity contribution in [2.24, 2.45) is 0 Å². The van der Waals surface area contributed by atoms with Crippen molar-refractivity contribution in [3.05, 3.63) is 0 Å². The molecular weight excluding hydrogens is 204 g/mol. The zero-order chi connectivity index (χ0) is 10.4. The predicted molar refractivity (Wildman–Crippen MR) is 54.1 cm³/mol. The van der Waals surface area contributed by atoms with E-state index in [-0.39, 0.29) is 24.3 Å². The van der Waals surface area contributed by atoms with Gasteiger partial charge in [-0.15, -0.1) is 0 Å². The van der Waals surface area contributed by atoms with Gasteiger partial charge in [0.15, 0.2) is 0 Å². The average molecular weight is 218 g/mol. The molecule has 0 aromatic carbocycles. The van der Waals surface area contributed by atoms with Gasteiger partial charge in [-0.25, -0.2) is 0 Å². The molecule has 0 radical (unpaired) electrons. The van der Waals surface area contributed by atoms with Crippen LogP contribution in [-0.4, -0.2) is 53.1 Å². The molecule has 2 amide bonds. The van der Waals surface area contributed by atoms with E-state index >= 15 is 0 Å². The summed E-state index contributed by atoms with van der Waals surface area (Å²) in [6, 6.07) is 0. The van der Waals surface area contributed by atoms with Crippen molar-refractivity contribution in [3.63, 3.8) is 0 Å². The molecule has 0 aromatic heterocycles. The van der Waals surface area contributed by atoms with Crippen LogP contribution in [-0.2, 0) is 4.79 Å². The molecule has 0 saturated carbocycles. The Kier molecular flexibility index (Phi) is 4.75. The Balaban J connectivity index is 2.13. The van der Waals surface area contributed by atoms with Gasteiger partial charge in [-0.1, -0.05) is 11.8 Å². The molecule has 2 N–H and O–H groups in total. The second kappa shape index (κ2) is 5.87. The third kappa shape index (κ3) is 3.55. The molecule has 0 atom stereocenters. The molecule has 6 heteroatoms. The number of hydrogen-bond acceptors (Lipinski definition) is 4. The van der Waals surface area contributed by atoms with E-state index in [1.807, 2.05) is 0 Å². The van der Waals surface area contributed by atoms with Gasteiger partial charge in [0, 0.05) is 31.8 Å². The summed E-state index contributed by atoms with van der Waals surface area (Å²) in [5.74, 6) is 0.695. The van der Waals surface area contributed by atoms with Gasteiger partial charge in [-0.05, 0) is 0 Å². The van der Waals surface area contributed by atoms with E-state index in [9.17, 15) is 9.59 Å². The van der Waals surface area contributed by atoms with Crippen LogP contribution in [0, 0.1) is 0 Å². The lowest BCUT2D eigenvalue weighted by Gasteiger charge is -2.13. The summed E-state index contributed by atoms with van der Waals surface area (Å²) in [5.41, 5.74) is 0. The standard InChI is InChI=1S/C8H14N2O3S/c11-5-2-9-7(12)1-3-10-4-6-14-8(10)13/h11H,1-6H2,(H,9,12). The first-order chi connectivity index (χ1) is 6.74. The van der Waals surface area contributed by atoms with Crippen molar-refractivity contribution in [3.8, 4) is 0 Å². The molecule has 80 valence electrons. The zero-order valence-electron chi connectivity index (χ0n) is 7.86. The summed E-state index contributed by atoms with van der Waals surface area (Å²) in [7, 11) is 0. The van der Waals surface area contributed by atoms with Crippen LogP contribution in [0.2, 0.25) is 0 Å². The third-order valence-corrected chi connectivity index (χ3v) is 2.78. The molecule has 1 aliphatic heterocycles. The highest BCUT2D eigenvalue weighted by Crippen LogP contribution is 2.16. The molecule has 1 rings (SSSR count). The van der Waals surface area contributed by atoms with Gasteiger partial charge in [0.25, 0.3) is 5.24 Å². The van der Waals surface area contributed by atoms with Crippen LogP contribution < -0.4 is 5.32 Å². The summed E-state index contributed by atoms with van der Waals surface area (Å²) >= 11 is 1.29. The molecule has 1 saturated heterocycles. The Labute approximate surface area is 86.8 Å². The minimum Gasteiger partial charge on any atom is -0.395 e. The van der Waals surface area contributed by atoms with Crippen LogP contribution >= 0.6 is 11.8 Å². The molecule has 0 spiro atoms. The molecule has 0 aliphatic carbocycles. The number of carbonyl (C=O) groups is 2. The Hall–Kier alpha value is -0.750. The Morgan fingerprint density at radius 1 is 1.64 bits per heavy atom. The van der Waals surface area contributed by atoms with E-state index in [0.29, 0.717) is 13.0 Å². The van der Waals surface area contributed by atoms with E-state index < -0.39 is 0 Å². The maximum Gasteiger partial charge on any atom is 0.281 e. The first-order valence-electron chi connectivity index (χ1n) is 4.53. The molecule has 0 unspecified atom stereocenters. The smallest absolute Gasteiger partial charge is 0.281 e. The number of carbonyl (C=O) groups excluding carboxylic acids is 2. The van der Waals surface area contributed by atoms with Gasteiger partial charge in [0.1, 0.15) is 0 Å². The van der Waals surface area contributed by atoms with Gasteiger partial charge in [-0.3, -0.25) is 9.59 Å². The molecule has 1 heterocycles. The van der Waals surface area contributed by atoms with E-state index in [1.54, 1.807) is 4.90 Å². The van der Waals surface area contributed by atoms with Gasteiger partial charge < -0.3 is 15.3 Å². The Morgan fingerprint density at radius 2 is 2.43 bits per heavy atom. The number of rotatable bonds is 5. The zero-order valence-corrected chi connectivity index (χ0v) is 8.68. The quantitative estimate of drug-likeness (QED) is 0.662. The second-order valence-corrected chi connectivity index (χ2v) is 3.97. The van der Waals surface area contributed by atoms with Crippen molar-refractivity contribution in [1.29, 1.82) is 0 Å². The van der Waals surface area contributed by atoms with Crippen molar-refractivity contribution >= 4 is 22.9 Å². The molecule has 0 bridgehead atoms. The average Bonchev–Trinajstić information content (AvgIpc) is 2.58. The number of thioether (sulfide) groups is 1. The number of hydrogen-bond donors (Lipinski definition) is 2. The summed E-state index contributed by atoms with van der Waals surface area (Å²) in [4.78, 5) is 23.9. The number of amides is 2. The van der Waals surface area contributed by atoms with Crippen LogP contribution in [0.1, 0.15) is 6.42 Å². The maximum atomic E-state index is 11.1. The fraction of sp³-hybridized carbons (Fsp3) is 0.750. The molecule has 1 aliphatic rings. The van der Waals surface area contributed by atoms with Gasteiger partial charge >= 0.3 is 0 Å². The highest BCUT2D eigenvalue weighted by Gasteiger charge is 2.20. The monoisotopic (exact) mass is 218 g/mol. The van der Waals surface area contributed by atoms with E-state index in [0.717, 1.165) is 12.3 Å². The number of aliphatic hydroxyl groups is 1. The van der Waals surface area contributed by atoms with Crippen LogP contribution in [0.4, 0.5) is 4.79 Å². The number of nitrogens with zero attached hydrogens (tertiary/aromatic N) is 1. The summed E-state index contributed by atoms with van der Waals surface area (Å²) in [5, 5.41) is 11.0. The van der Waals surface area contributed by atoms with Gasteiger partial charge in [0.2, 0.25) is 5.91 Å². The lowest BCUT2D eigenvalue weighted by atomic mass is 10.3. The van der Waals surface area contributed by atoms with Gasteiger partial charge in [0.05, 0.1) is 6.61 Å². The van der Waals surface area contributed by atoms with Crippen LogP contribution in [0.5, 0.6) is 0 Å². The minimum absolute atomic E-state index is 0.0514. The Morgan fingerprint density at radius 3 is 3.00 bits per heavy atom. The molecule has 5 nitrogen and oxygen atoms in total. The second-order valence-electron chi connectivity index (χ2n) is 2.92. The fourth-order valence-corrected chi connectivity index (χ4v) is 2.00. The topological polar surface area (TPSA) is 69.6 Å². The lowest BCUT2D eigenvalue weighted by Crippen LogP contribution is -2.32. The highest BCUT2D eigenvalue weighted by molar-refractivity contribution is 8.13. The molecule has 14 heavy (non-hydrogen) atoms. The SMILES string of the molecule is O=C(CCN1CCSC1=O)NCCO. The van der Waals surface area contributed by atoms with E-state index in [2.05, 4.69) is 5.32 Å². The van der Waals surface area contributed by atoms with Crippen molar-refractivity contribution in [2.45, 2.75) is 6.42 Å². The maximum absolute atomic E-state index is 11.1. The molecule has 0 aromatic rings. The summed E-state index contributed by atoms with van der Waals surface area (Å²) in [6.45, 7) is 1.44. The Bertz CT molecular complexity index is 223. The summed E-state index contributed by atoms with van der Waals surface area (Å²) in [6.07, 6.45) is 0.312. The third-order valence-electron chi connectivity index (χ3n) is 1.89. The first-order valence-corrected chi connectivity index (χ1v) is 5.52.